The highest BCUT2D eigenvalue weighted by Crippen LogP contribution is 2.28. The Bertz CT molecular complexity index is 1240. The van der Waals surface area contributed by atoms with E-state index in [0.717, 1.165) is 28.5 Å². The topological polar surface area (TPSA) is 48.5 Å². The number of hydrogen-bond acceptors (Lipinski definition) is 3. The Morgan fingerprint density at radius 1 is 0.926 bits per heavy atom. The molecule has 0 N–H and O–H groups in total. The quantitative estimate of drug-likeness (QED) is 0.435. The van der Waals surface area contributed by atoms with E-state index in [1.54, 1.807) is 6.20 Å². The standard InChI is InChI=1S/C21H16ClN5/c22-21-19-20(17-7-1-2-8-18(17)25-21)26(14-23-19)12-15-5-3-6-16(11-15)13-27-10-4-9-24-27/h1-11,14H,12-13H2. The fourth-order valence-electron chi connectivity index (χ4n) is 3.47. The van der Waals surface area contributed by atoms with Gasteiger partial charge in [0.2, 0.25) is 0 Å². The van der Waals surface area contributed by atoms with Crippen molar-refractivity contribution in [2.45, 2.75) is 13.1 Å². The van der Waals surface area contributed by atoms with Crippen LogP contribution in [0.25, 0.3) is 21.9 Å². The zero-order valence-electron chi connectivity index (χ0n) is 14.5. The summed E-state index contributed by atoms with van der Waals surface area (Å²) in [5.41, 5.74) is 5.05. The molecule has 5 nitrogen and oxygen atoms in total. The first kappa shape index (κ1) is 16.0. The zero-order valence-corrected chi connectivity index (χ0v) is 15.2. The van der Waals surface area contributed by atoms with Crippen LogP contribution in [-0.2, 0) is 13.1 Å². The Morgan fingerprint density at radius 3 is 2.63 bits per heavy atom. The lowest BCUT2D eigenvalue weighted by Gasteiger charge is -2.09. The van der Waals surface area contributed by atoms with Crippen LogP contribution in [0.5, 0.6) is 0 Å². The summed E-state index contributed by atoms with van der Waals surface area (Å²) in [4.78, 5) is 8.96. The second-order valence-electron chi connectivity index (χ2n) is 6.51. The van der Waals surface area contributed by atoms with Gasteiger partial charge < -0.3 is 4.57 Å². The van der Waals surface area contributed by atoms with E-state index in [0.29, 0.717) is 11.7 Å². The van der Waals surface area contributed by atoms with Crippen molar-refractivity contribution in [1.82, 2.24) is 24.3 Å². The third-order valence-corrected chi connectivity index (χ3v) is 4.92. The zero-order chi connectivity index (χ0) is 18.2. The maximum absolute atomic E-state index is 6.36. The van der Waals surface area contributed by atoms with Crippen LogP contribution in [0.3, 0.4) is 0 Å². The van der Waals surface area contributed by atoms with E-state index in [4.69, 9.17) is 11.6 Å². The number of fused-ring (bicyclic) bond motifs is 3. The van der Waals surface area contributed by atoms with Crippen molar-refractivity contribution in [2.24, 2.45) is 0 Å². The predicted molar refractivity (Wildman–Crippen MR) is 107 cm³/mol. The average Bonchev–Trinajstić information content (AvgIpc) is 3.33. The highest BCUT2D eigenvalue weighted by molar-refractivity contribution is 6.35. The summed E-state index contributed by atoms with van der Waals surface area (Å²) in [5.74, 6) is 0. The molecule has 3 heterocycles. The smallest absolute Gasteiger partial charge is 0.157 e. The van der Waals surface area contributed by atoms with Gasteiger partial charge in [0.15, 0.2) is 5.15 Å². The molecule has 0 spiro atoms. The van der Waals surface area contributed by atoms with Gasteiger partial charge in [-0.3, -0.25) is 4.68 Å². The summed E-state index contributed by atoms with van der Waals surface area (Å²) in [5, 5.41) is 5.78. The lowest BCUT2D eigenvalue weighted by molar-refractivity contribution is 0.685. The molecule has 27 heavy (non-hydrogen) atoms. The SMILES string of the molecule is Clc1nc2ccccc2c2c1ncn2Cc1cccc(Cn2cccn2)c1. The number of hydrogen-bond donors (Lipinski definition) is 0. The summed E-state index contributed by atoms with van der Waals surface area (Å²) in [7, 11) is 0. The minimum absolute atomic E-state index is 0.440. The van der Waals surface area contributed by atoms with Crippen LogP contribution in [0, 0.1) is 0 Å². The van der Waals surface area contributed by atoms with Crippen molar-refractivity contribution in [2.75, 3.05) is 0 Å². The van der Waals surface area contributed by atoms with Crippen molar-refractivity contribution < 1.29 is 0 Å². The number of halogens is 1. The summed E-state index contributed by atoms with van der Waals surface area (Å²) in [6.45, 7) is 1.47. The van der Waals surface area contributed by atoms with Gasteiger partial charge in [-0.05, 0) is 23.3 Å². The minimum atomic E-state index is 0.440. The highest BCUT2D eigenvalue weighted by atomic mass is 35.5. The largest absolute Gasteiger partial charge is 0.325 e. The molecule has 3 aromatic heterocycles. The monoisotopic (exact) mass is 373 g/mol. The van der Waals surface area contributed by atoms with Crippen LogP contribution in [-0.4, -0.2) is 24.3 Å². The van der Waals surface area contributed by atoms with Gasteiger partial charge in [-0.2, -0.15) is 5.10 Å². The molecule has 0 aliphatic carbocycles. The number of benzene rings is 2. The molecule has 5 aromatic rings. The maximum Gasteiger partial charge on any atom is 0.157 e. The molecule has 2 aromatic carbocycles. The number of nitrogens with zero attached hydrogens (tertiary/aromatic N) is 5. The molecule has 0 saturated carbocycles. The number of aromatic nitrogens is 5. The van der Waals surface area contributed by atoms with E-state index in [-0.39, 0.29) is 0 Å². The minimum Gasteiger partial charge on any atom is -0.325 e. The first-order valence-corrected chi connectivity index (χ1v) is 9.10. The number of rotatable bonds is 4. The Balaban J connectivity index is 1.55. The number of pyridine rings is 1. The Labute approximate surface area is 160 Å². The Hall–Kier alpha value is -3.18. The normalized spacial score (nSPS) is 11.4. The van der Waals surface area contributed by atoms with Crippen LogP contribution < -0.4 is 0 Å². The van der Waals surface area contributed by atoms with Crippen molar-refractivity contribution >= 4 is 33.5 Å². The predicted octanol–water partition coefficient (Wildman–Crippen LogP) is 4.53. The molecule has 0 aliphatic heterocycles. The highest BCUT2D eigenvalue weighted by Gasteiger charge is 2.13. The molecular weight excluding hydrogens is 358 g/mol. The molecule has 0 aliphatic rings. The molecule has 0 radical (unpaired) electrons. The van der Waals surface area contributed by atoms with Crippen LogP contribution in [0.2, 0.25) is 5.15 Å². The van der Waals surface area contributed by atoms with Crippen molar-refractivity contribution in [1.29, 1.82) is 0 Å². The third-order valence-electron chi connectivity index (χ3n) is 4.66. The molecule has 0 atom stereocenters. The molecule has 0 unspecified atom stereocenters. The van der Waals surface area contributed by atoms with Crippen molar-refractivity contribution in [3.05, 3.63) is 89.6 Å². The van der Waals surface area contributed by atoms with Crippen LogP contribution in [0.4, 0.5) is 0 Å². The van der Waals surface area contributed by atoms with Gasteiger partial charge in [-0.25, -0.2) is 9.97 Å². The third kappa shape index (κ3) is 2.96. The lowest BCUT2D eigenvalue weighted by Crippen LogP contribution is -2.03. The fraction of sp³-hybridized carbons (Fsp3) is 0.0952. The first-order chi connectivity index (χ1) is 13.3. The van der Waals surface area contributed by atoms with Gasteiger partial charge in [0.1, 0.15) is 5.52 Å². The van der Waals surface area contributed by atoms with E-state index in [1.807, 2.05) is 41.5 Å². The number of para-hydroxylation sites is 1. The summed E-state index contributed by atoms with van der Waals surface area (Å²) in [6, 6.07) is 18.5. The van der Waals surface area contributed by atoms with Gasteiger partial charge in [0, 0.05) is 24.3 Å². The Morgan fingerprint density at radius 2 is 1.78 bits per heavy atom. The molecule has 132 valence electrons. The van der Waals surface area contributed by atoms with E-state index < -0.39 is 0 Å². The van der Waals surface area contributed by atoms with E-state index >= 15 is 0 Å². The summed E-state index contributed by atoms with van der Waals surface area (Å²) in [6.07, 6.45) is 5.60. The average molecular weight is 374 g/mol. The molecule has 6 heteroatoms. The Kier molecular flexibility index (Phi) is 3.87. The summed E-state index contributed by atoms with van der Waals surface area (Å²) >= 11 is 6.36. The summed E-state index contributed by atoms with van der Waals surface area (Å²) < 4.78 is 4.06. The van der Waals surface area contributed by atoms with Gasteiger partial charge in [-0.1, -0.05) is 54.1 Å². The van der Waals surface area contributed by atoms with Gasteiger partial charge in [0.05, 0.1) is 23.9 Å². The second kappa shape index (κ2) is 6.52. The molecular formula is C21H16ClN5. The fourth-order valence-corrected chi connectivity index (χ4v) is 3.70. The van der Waals surface area contributed by atoms with E-state index in [1.165, 1.54) is 11.1 Å². The number of imidazole rings is 1. The molecule has 5 rings (SSSR count). The van der Waals surface area contributed by atoms with Crippen LogP contribution in [0.1, 0.15) is 11.1 Å². The maximum atomic E-state index is 6.36. The van der Waals surface area contributed by atoms with Gasteiger partial charge in [-0.15, -0.1) is 0 Å². The second-order valence-corrected chi connectivity index (χ2v) is 6.87. The van der Waals surface area contributed by atoms with Crippen LogP contribution in [0.15, 0.2) is 73.3 Å². The van der Waals surface area contributed by atoms with E-state index in [2.05, 4.69) is 50.0 Å². The van der Waals surface area contributed by atoms with Crippen LogP contribution >= 0.6 is 11.6 Å². The van der Waals surface area contributed by atoms with Crippen molar-refractivity contribution in [3.8, 4) is 0 Å². The van der Waals surface area contributed by atoms with Gasteiger partial charge >= 0.3 is 0 Å². The molecule has 0 fully saturated rings. The lowest BCUT2D eigenvalue weighted by atomic mass is 10.1. The van der Waals surface area contributed by atoms with E-state index in [9.17, 15) is 0 Å². The molecule has 0 amide bonds. The molecule has 0 saturated heterocycles. The van der Waals surface area contributed by atoms with Gasteiger partial charge in [0.25, 0.3) is 0 Å². The molecule has 0 bridgehead atoms. The first-order valence-electron chi connectivity index (χ1n) is 8.72. The van der Waals surface area contributed by atoms with Crippen molar-refractivity contribution in [3.63, 3.8) is 0 Å².